The second kappa shape index (κ2) is 2.72. The zero-order valence-corrected chi connectivity index (χ0v) is 4.60. The average Bonchev–Trinajstić information content (AvgIpc) is 1.65. The quantitative estimate of drug-likeness (QED) is 0.580. The fraction of sp³-hybridized carbons (Fsp3) is 0.750. The molecule has 0 radical (unpaired) electrons. The van der Waals surface area contributed by atoms with Crippen LogP contribution in [0.2, 0.25) is 0 Å². The molecule has 0 rings (SSSR count). The van der Waals surface area contributed by atoms with E-state index in [2.05, 4.69) is 0 Å². The van der Waals surface area contributed by atoms with Crippen LogP contribution in [0.5, 0.6) is 0 Å². The molecule has 3 nitrogen and oxygen atoms in total. The number of nitrogens with two attached hydrogens (primary N) is 1. The highest BCUT2D eigenvalue weighted by atomic mass is 19.3. The summed E-state index contributed by atoms with van der Waals surface area (Å²) < 4.78 is 23.7. The largest absolute Gasteiger partial charge is 0.477 e. The predicted octanol–water partition coefficient (Wildman–Crippen LogP) is 0.0551. The van der Waals surface area contributed by atoms with Gasteiger partial charge < -0.3 is 10.8 Å². The molecule has 0 aliphatic heterocycles. The normalized spacial score (nSPS) is 11.4. The van der Waals surface area contributed by atoms with Crippen molar-refractivity contribution in [3.8, 4) is 0 Å². The van der Waals surface area contributed by atoms with Crippen LogP contribution < -0.4 is 5.73 Å². The van der Waals surface area contributed by atoms with Crippen LogP contribution in [-0.2, 0) is 4.79 Å². The summed E-state index contributed by atoms with van der Waals surface area (Å²) in [5.74, 6) is -5.78. The van der Waals surface area contributed by atoms with Crippen molar-refractivity contribution in [1.82, 2.24) is 0 Å². The van der Waals surface area contributed by atoms with E-state index in [4.69, 9.17) is 10.8 Å². The molecule has 3 N–H and O–H groups in total. The number of halogens is 2. The van der Waals surface area contributed by atoms with Gasteiger partial charge in [0.1, 0.15) is 0 Å². The topological polar surface area (TPSA) is 63.3 Å². The molecule has 5 heteroatoms. The molecule has 9 heavy (non-hydrogen) atoms. The Morgan fingerprint density at radius 2 is 2.11 bits per heavy atom. The van der Waals surface area contributed by atoms with E-state index in [1.807, 2.05) is 0 Å². The summed E-state index contributed by atoms with van der Waals surface area (Å²) >= 11 is 0. The molecule has 0 amide bonds. The second-order valence-electron chi connectivity index (χ2n) is 1.55. The molecule has 0 bridgehead atoms. The van der Waals surface area contributed by atoms with Crippen LogP contribution in [0.1, 0.15) is 6.42 Å². The molecule has 0 aromatic heterocycles. The third-order valence-corrected chi connectivity index (χ3v) is 0.771. The Hall–Kier alpha value is -0.710. The van der Waals surface area contributed by atoms with Gasteiger partial charge in [-0.25, -0.2) is 4.79 Å². The molecule has 0 heterocycles. The lowest BCUT2D eigenvalue weighted by molar-refractivity contribution is -0.165. The Morgan fingerprint density at radius 1 is 1.67 bits per heavy atom. The van der Waals surface area contributed by atoms with Crippen molar-refractivity contribution in [3.63, 3.8) is 0 Å². The molecule has 0 unspecified atom stereocenters. The van der Waals surface area contributed by atoms with Crippen molar-refractivity contribution in [1.29, 1.82) is 0 Å². The Bertz CT molecular complexity index is 115. The van der Waals surface area contributed by atoms with E-state index in [-0.39, 0.29) is 6.54 Å². The molecule has 0 aromatic rings. The van der Waals surface area contributed by atoms with Crippen molar-refractivity contribution in [2.45, 2.75) is 12.3 Å². The molecule has 0 saturated carbocycles. The Morgan fingerprint density at radius 3 is 2.22 bits per heavy atom. The summed E-state index contributed by atoms with van der Waals surface area (Å²) in [6, 6.07) is 0. The van der Waals surface area contributed by atoms with Gasteiger partial charge in [-0.1, -0.05) is 0 Å². The van der Waals surface area contributed by atoms with Crippen molar-refractivity contribution in [2.24, 2.45) is 5.73 Å². The molecule has 0 fully saturated rings. The van der Waals surface area contributed by atoms with Gasteiger partial charge in [0.2, 0.25) is 0 Å². The third kappa shape index (κ3) is 2.36. The van der Waals surface area contributed by atoms with Gasteiger partial charge >= 0.3 is 11.9 Å². The summed E-state index contributed by atoms with van der Waals surface area (Å²) in [6.45, 7) is -0.320. The van der Waals surface area contributed by atoms with Crippen molar-refractivity contribution in [2.75, 3.05) is 6.54 Å². The standard InChI is InChI=1S/C4H7F2NO2/c5-4(6,1-2-7)3(8)9/h1-2,7H2,(H,8,9). The second-order valence-corrected chi connectivity index (χ2v) is 1.55. The van der Waals surface area contributed by atoms with Crippen LogP contribution in [0.25, 0.3) is 0 Å². The zero-order valence-electron chi connectivity index (χ0n) is 4.60. The van der Waals surface area contributed by atoms with Gasteiger partial charge in [-0.05, 0) is 6.54 Å². The number of alkyl halides is 2. The number of hydrogen-bond acceptors (Lipinski definition) is 2. The first-order valence-electron chi connectivity index (χ1n) is 2.32. The molecule has 0 spiro atoms. The van der Waals surface area contributed by atoms with Crippen LogP contribution >= 0.6 is 0 Å². The third-order valence-electron chi connectivity index (χ3n) is 0.771. The van der Waals surface area contributed by atoms with Crippen molar-refractivity contribution >= 4 is 5.97 Å². The molecule has 54 valence electrons. The minimum absolute atomic E-state index is 0.320. The molecule has 0 aliphatic rings. The molecule has 0 saturated heterocycles. The number of carboxylic acid groups (broad SMARTS) is 1. The van der Waals surface area contributed by atoms with E-state index in [0.717, 1.165) is 0 Å². The molecule has 0 atom stereocenters. The van der Waals surface area contributed by atoms with E-state index in [0.29, 0.717) is 0 Å². The summed E-state index contributed by atoms with van der Waals surface area (Å²) in [6.07, 6.45) is -0.803. The van der Waals surface area contributed by atoms with Crippen molar-refractivity contribution < 1.29 is 18.7 Å². The van der Waals surface area contributed by atoms with Crippen LogP contribution in [-0.4, -0.2) is 23.5 Å². The fourth-order valence-corrected chi connectivity index (χ4v) is 0.288. The monoisotopic (exact) mass is 139 g/mol. The molecular weight excluding hydrogens is 132 g/mol. The Kier molecular flexibility index (Phi) is 2.51. The first-order valence-corrected chi connectivity index (χ1v) is 2.32. The van der Waals surface area contributed by atoms with Crippen LogP contribution in [0, 0.1) is 0 Å². The number of carbonyl (C=O) groups is 1. The average molecular weight is 139 g/mol. The minimum Gasteiger partial charge on any atom is -0.477 e. The first-order chi connectivity index (χ1) is 4.00. The van der Waals surface area contributed by atoms with Gasteiger partial charge in [-0.2, -0.15) is 8.78 Å². The van der Waals surface area contributed by atoms with E-state index < -0.39 is 18.3 Å². The molecular formula is C4H7F2NO2. The molecule has 0 aliphatic carbocycles. The predicted molar refractivity (Wildman–Crippen MR) is 26.3 cm³/mol. The van der Waals surface area contributed by atoms with E-state index in [1.54, 1.807) is 0 Å². The first kappa shape index (κ1) is 8.29. The van der Waals surface area contributed by atoms with Crippen LogP contribution in [0.15, 0.2) is 0 Å². The number of carboxylic acids is 1. The maximum atomic E-state index is 11.9. The number of hydrogen-bond donors (Lipinski definition) is 2. The van der Waals surface area contributed by atoms with E-state index >= 15 is 0 Å². The van der Waals surface area contributed by atoms with Gasteiger partial charge in [0, 0.05) is 6.42 Å². The smallest absolute Gasteiger partial charge is 0.374 e. The summed E-state index contributed by atoms with van der Waals surface area (Å²) in [4.78, 5) is 9.61. The maximum absolute atomic E-state index is 11.9. The van der Waals surface area contributed by atoms with Crippen LogP contribution in [0.3, 0.4) is 0 Å². The number of rotatable bonds is 3. The van der Waals surface area contributed by atoms with Gasteiger partial charge in [0.25, 0.3) is 0 Å². The lowest BCUT2D eigenvalue weighted by Crippen LogP contribution is -2.30. The number of aliphatic carboxylic acids is 1. The maximum Gasteiger partial charge on any atom is 0.374 e. The Balaban J connectivity index is 3.85. The van der Waals surface area contributed by atoms with Gasteiger partial charge in [0.15, 0.2) is 0 Å². The zero-order chi connectivity index (χ0) is 7.49. The van der Waals surface area contributed by atoms with Gasteiger partial charge in [-0.15, -0.1) is 0 Å². The van der Waals surface area contributed by atoms with Gasteiger partial charge in [-0.3, -0.25) is 0 Å². The van der Waals surface area contributed by atoms with Crippen molar-refractivity contribution in [3.05, 3.63) is 0 Å². The lowest BCUT2D eigenvalue weighted by atomic mass is 10.2. The van der Waals surface area contributed by atoms with E-state index in [9.17, 15) is 13.6 Å². The fourth-order valence-electron chi connectivity index (χ4n) is 0.288. The van der Waals surface area contributed by atoms with E-state index in [1.165, 1.54) is 0 Å². The summed E-state index contributed by atoms with van der Waals surface area (Å²) in [5, 5.41) is 7.77. The highest BCUT2D eigenvalue weighted by molar-refractivity contribution is 5.75. The lowest BCUT2D eigenvalue weighted by Gasteiger charge is -2.07. The summed E-state index contributed by atoms with van der Waals surface area (Å²) in [5.41, 5.74) is 4.71. The highest BCUT2D eigenvalue weighted by Crippen LogP contribution is 2.16. The minimum atomic E-state index is -3.66. The Labute approximate surface area is 50.5 Å². The summed E-state index contributed by atoms with van der Waals surface area (Å²) in [7, 11) is 0. The van der Waals surface area contributed by atoms with Gasteiger partial charge in [0.05, 0.1) is 0 Å². The highest BCUT2D eigenvalue weighted by Gasteiger charge is 2.37. The van der Waals surface area contributed by atoms with Crippen LogP contribution in [0.4, 0.5) is 8.78 Å². The molecule has 0 aromatic carbocycles. The SMILES string of the molecule is NCCC(F)(F)C(=O)O.